The van der Waals surface area contributed by atoms with Crippen LogP contribution in [0.3, 0.4) is 0 Å². The molecule has 1 amide bonds. The highest BCUT2D eigenvalue weighted by molar-refractivity contribution is 6.02. The molecular formula is C21H27NO5. The number of anilines is 1. The zero-order valence-electron chi connectivity index (χ0n) is 16.3. The van der Waals surface area contributed by atoms with Crippen molar-refractivity contribution in [1.82, 2.24) is 0 Å². The van der Waals surface area contributed by atoms with Crippen molar-refractivity contribution in [3.05, 3.63) is 36.4 Å². The van der Waals surface area contributed by atoms with Gasteiger partial charge < -0.3 is 14.2 Å². The maximum absolute atomic E-state index is 12.1. The topological polar surface area (TPSA) is 73.9 Å². The van der Waals surface area contributed by atoms with Crippen LogP contribution in [-0.2, 0) is 14.3 Å². The van der Waals surface area contributed by atoms with E-state index in [0.717, 1.165) is 10.8 Å². The predicted molar refractivity (Wildman–Crippen MR) is 105 cm³/mol. The molecule has 0 spiro atoms. The van der Waals surface area contributed by atoms with Gasteiger partial charge in [-0.15, -0.1) is 0 Å². The summed E-state index contributed by atoms with van der Waals surface area (Å²) in [5, 5.41) is 4.52. The molecule has 0 unspecified atom stereocenters. The Kier molecular flexibility index (Phi) is 7.05. The lowest BCUT2D eigenvalue weighted by Gasteiger charge is -2.20. The first-order chi connectivity index (χ1) is 12.8. The normalized spacial score (nSPS) is 11.1. The number of carbonyl (C=O) groups is 2. The highest BCUT2D eigenvalue weighted by atomic mass is 16.6. The Morgan fingerprint density at radius 3 is 2.44 bits per heavy atom. The summed E-state index contributed by atoms with van der Waals surface area (Å²) < 4.78 is 16.1. The minimum atomic E-state index is -0.568. The molecule has 146 valence electrons. The van der Waals surface area contributed by atoms with E-state index in [1.54, 1.807) is 6.92 Å². The van der Waals surface area contributed by atoms with Crippen molar-refractivity contribution < 1.29 is 23.8 Å². The van der Waals surface area contributed by atoms with E-state index in [0.29, 0.717) is 37.5 Å². The predicted octanol–water partition coefficient (Wildman–Crippen LogP) is 4.91. The second-order valence-corrected chi connectivity index (χ2v) is 7.04. The van der Waals surface area contributed by atoms with Crippen molar-refractivity contribution in [2.75, 3.05) is 18.5 Å². The second kappa shape index (κ2) is 9.26. The van der Waals surface area contributed by atoms with Crippen LogP contribution in [0, 0.1) is 0 Å². The molecule has 0 saturated carbocycles. The van der Waals surface area contributed by atoms with Gasteiger partial charge in [0.25, 0.3) is 0 Å². The molecule has 0 heterocycles. The zero-order chi connectivity index (χ0) is 19.9. The van der Waals surface area contributed by atoms with E-state index in [1.807, 2.05) is 57.2 Å². The van der Waals surface area contributed by atoms with Gasteiger partial charge >= 0.3 is 12.1 Å². The maximum atomic E-state index is 12.1. The van der Waals surface area contributed by atoms with Crippen LogP contribution >= 0.6 is 0 Å². The Balaban J connectivity index is 2.07. The summed E-state index contributed by atoms with van der Waals surface area (Å²) in [5.41, 5.74) is 0.0840. The average Bonchev–Trinajstić information content (AvgIpc) is 2.58. The van der Waals surface area contributed by atoms with Crippen LogP contribution in [0.2, 0.25) is 0 Å². The van der Waals surface area contributed by atoms with E-state index in [9.17, 15) is 9.59 Å². The Bertz CT molecular complexity index is 795. The number of fused-ring (bicyclic) bond motifs is 1. The largest absolute Gasteiger partial charge is 0.493 e. The van der Waals surface area contributed by atoms with Crippen molar-refractivity contribution in [3.63, 3.8) is 0 Å². The van der Waals surface area contributed by atoms with E-state index < -0.39 is 11.7 Å². The minimum Gasteiger partial charge on any atom is -0.493 e. The zero-order valence-corrected chi connectivity index (χ0v) is 16.3. The van der Waals surface area contributed by atoms with Crippen LogP contribution in [-0.4, -0.2) is 30.9 Å². The Morgan fingerprint density at radius 2 is 1.74 bits per heavy atom. The highest BCUT2D eigenvalue weighted by Crippen LogP contribution is 2.31. The SMILES string of the molecule is CCOC(=O)CCCOc1cccc2c(NC(=O)OC(C)(C)C)cccc12. The summed E-state index contributed by atoms with van der Waals surface area (Å²) in [7, 11) is 0. The summed E-state index contributed by atoms with van der Waals surface area (Å²) in [6.07, 6.45) is 0.394. The van der Waals surface area contributed by atoms with Crippen LogP contribution in [0.4, 0.5) is 10.5 Å². The summed E-state index contributed by atoms with van der Waals surface area (Å²) >= 11 is 0. The van der Waals surface area contributed by atoms with Crippen LogP contribution in [0.1, 0.15) is 40.5 Å². The van der Waals surface area contributed by atoms with E-state index in [2.05, 4.69) is 5.32 Å². The van der Waals surface area contributed by atoms with E-state index in [1.165, 1.54) is 0 Å². The maximum Gasteiger partial charge on any atom is 0.412 e. The third-order valence-corrected chi connectivity index (χ3v) is 3.61. The molecule has 0 aliphatic heterocycles. The molecule has 0 radical (unpaired) electrons. The first-order valence-corrected chi connectivity index (χ1v) is 9.10. The Labute approximate surface area is 159 Å². The lowest BCUT2D eigenvalue weighted by molar-refractivity contribution is -0.143. The third kappa shape index (κ3) is 6.47. The van der Waals surface area contributed by atoms with Crippen LogP contribution in [0.25, 0.3) is 10.8 Å². The molecule has 2 rings (SSSR count). The van der Waals surface area contributed by atoms with Gasteiger partial charge in [-0.3, -0.25) is 10.1 Å². The lowest BCUT2D eigenvalue weighted by Crippen LogP contribution is -2.27. The smallest absolute Gasteiger partial charge is 0.412 e. The average molecular weight is 373 g/mol. The monoisotopic (exact) mass is 373 g/mol. The molecule has 1 N–H and O–H groups in total. The lowest BCUT2D eigenvalue weighted by atomic mass is 10.1. The molecule has 0 saturated heterocycles. The number of carbonyl (C=O) groups excluding carboxylic acids is 2. The number of ether oxygens (including phenoxy) is 3. The number of nitrogens with one attached hydrogen (secondary N) is 1. The van der Waals surface area contributed by atoms with Gasteiger partial charge in [0.05, 0.1) is 18.9 Å². The molecule has 6 heteroatoms. The first kappa shape index (κ1) is 20.6. The summed E-state index contributed by atoms with van der Waals surface area (Å²) in [5.74, 6) is 0.479. The van der Waals surface area contributed by atoms with Crippen LogP contribution < -0.4 is 10.1 Å². The Morgan fingerprint density at radius 1 is 1.04 bits per heavy atom. The fourth-order valence-corrected chi connectivity index (χ4v) is 2.56. The third-order valence-electron chi connectivity index (χ3n) is 3.61. The van der Waals surface area contributed by atoms with Crippen molar-refractivity contribution >= 4 is 28.5 Å². The van der Waals surface area contributed by atoms with Crippen LogP contribution in [0.15, 0.2) is 36.4 Å². The fourth-order valence-electron chi connectivity index (χ4n) is 2.56. The number of amides is 1. The van der Waals surface area contributed by atoms with E-state index in [4.69, 9.17) is 14.2 Å². The molecule has 2 aromatic carbocycles. The van der Waals surface area contributed by atoms with Gasteiger partial charge in [0, 0.05) is 17.2 Å². The number of hydrogen-bond donors (Lipinski definition) is 1. The highest BCUT2D eigenvalue weighted by Gasteiger charge is 2.17. The molecule has 27 heavy (non-hydrogen) atoms. The van der Waals surface area contributed by atoms with Gasteiger partial charge in [-0.25, -0.2) is 4.79 Å². The van der Waals surface area contributed by atoms with Gasteiger partial charge in [-0.05, 0) is 46.2 Å². The number of benzene rings is 2. The van der Waals surface area contributed by atoms with Crippen molar-refractivity contribution in [2.45, 2.75) is 46.1 Å². The van der Waals surface area contributed by atoms with Crippen molar-refractivity contribution in [2.24, 2.45) is 0 Å². The molecule has 0 atom stereocenters. The van der Waals surface area contributed by atoms with E-state index >= 15 is 0 Å². The first-order valence-electron chi connectivity index (χ1n) is 9.10. The van der Waals surface area contributed by atoms with Gasteiger partial charge in [0.1, 0.15) is 11.4 Å². The number of esters is 1. The fraction of sp³-hybridized carbons (Fsp3) is 0.429. The summed E-state index contributed by atoms with van der Waals surface area (Å²) in [6, 6.07) is 11.2. The van der Waals surface area contributed by atoms with Crippen LogP contribution in [0.5, 0.6) is 5.75 Å². The summed E-state index contributed by atoms with van der Waals surface area (Å²) in [6.45, 7) is 8.03. The number of rotatable bonds is 7. The van der Waals surface area contributed by atoms with Gasteiger partial charge in [0.15, 0.2) is 0 Å². The number of hydrogen-bond acceptors (Lipinski definition) is 5. The van der Waals surface area contributed by atoms with Gasteiger partial charge in [-0.2, -0.15) is 0 Å². The molecular weight excluding hydrogens is 346 g/mol. The second-order valence-electron chi connectivity index (χ2n) is 7.04. The summed E-state index contributed by atoms with van der Waals surface area (Å²) in [4.78, 5) is 23.5. The molecule has 0 aliphatic rings. The van der Waals surface area contributed by atoms with Gasteiger partial charge in [0.2, 0.25) is 0 Å². The van der Waals surface area contributed by atoms with Crippen molar-refractivity contribution in [3.8, 4) is 5.75 Å². The van der Waals surface area contributed by atoms with Gasteiger partial charge in [-0.1, -0.05) is 24.3 Å². The Hall–Kier alpha value is -2.76. The van der Waals surface area contributed by atoms with Crippen molar-refractivity contribution in [1.29, 1.82) is 0 Å². The molecule has 0 fully saturated rings. The van der Waals surface area contributed by atoms with E-state index in [-0.39, 0.29) is 5.97 Å². The quantitative estimate of drug-likeness (QED) is 0.551. The molecule has 0 bridgehead atoms. The standard InChI is InChI=1S/C21H27NO5/c1-5-25-19(23)13-8-14-26-18-12-7-9-15-16(18)10-6-11-17(15)22-20(24)27-21(2,3)4/h6-7,9-12H,5,8,13-14H2,1-4H3,(H,22,24). The molecule has 6 nitrogen and oxygen atoms in total. The molecule has 0 aliphatic carbocycles. The minimum absolute atomic E-state index is 0.220. The molecule has 2 aromatic rings. The molecule has 0 aromatic heterocycles.